The van der Waals surface area contributed by atoms with Gasteiger partial charge in [0.25, 0.3) is 0 Å². The van der Waals surface area contributed by atoms with Crippen LogP contribution in [0.25, 0.3) is 0 Å². The van der Waals surface area contributed by atoms with Gasteiger partial charge in [0.2, 0.25) is 5.91 Å². The number of nitrogens with zero attached hydrogens (tertiary/aromatic N) is 1. The van der Waals surface area contributed by atoms with Crippen LogP contribution in [0.4, 0.5) is 5.69 Å². The van der Waals surface area contributed by atoms with Gasteiger partial charge in [-0.15, -0.1) is 0 Å². The SMILES string of the molecule is CCCCOc1ccc(NC(=O)C(C)C2(O)CCN(Cc3ccccc3)CC2)cc1. The zero-order valence-corrected chi connectivity index (χ0v) is 18.1. The molecule has 3 rings (SSSR count). The molecule has 2 aromatic carbocycles. The molecule has 30 heavy (non-hydrogen) atoms. The maximum absolute atomic E-state index is 12.8. The second kappa shape index (κ2) is 10.6. The molecule has 5 nitrogen and oxygen atoms in total. The number of carbonyl (C=O) groups is 1. The monoisotopic (exact) mass is 410 g/mol. The zero-order chi connectivity index (χ0) is 21.4. The van der Waals surface area contributed by atoms with E-state index in [1.807, 2.05) is 49.4 Å². The Morgan fingerprint density at radius 1 is 1.13 bits per heavy atom. The predicted molar refractivity (Wildman–Crippen MR) is 121 cm³/mol. The molecule has 1 amide bonds. The minimum absolute atomic E-state index is 0.145. The Bertz CT molecular complexity index is 784. The number of unbranched alkanes of at least 4 members (excludes halogenated alkanes) is 1. The van der Waals surface area contributed by atoms with Gasteiger partial charge >= 0.3 is 0 Å². The van der Waals surface area contributed by atoms with E-state index in [4.69, 9.17) is 4.74 Å². The number of nitrogens with one attached hydrogen (secondary N) is 1. The summed E-state index contributed by atoms with van der Waals surface area (Å²) in [4.78, 5) is 15.1. The van der Waals surface area contributed by atoms with Crippen molar-refractivity contribution in [2.45, 2.75) is 51.7 Å². The zero-order valence-electron chi connectivity index (χ0n) is 18.1. The lowest BCUT2D eigenvalue weighted by molar-refractivity contribution is -0.132. The fourth-order valence-electron chi connectivity index (χ4n) is 3.84. The number of aliphatic hydroxyl groups is 1. The van der Waals surface area contributed by atoms with Crippen molar-refractivity contribution in [2.24, 2.45) is 5.92 Å². The van der Waals surface area contributed by atoms with E-state index in [-0.39, 0.29) is 5.91 Å². The van der Waals surface area contributed by atoms with Gasteiger partial charge in [-0.2, -0.15) is 0 Å². The number of carbonyl (C=O) groups excluding carboxylic acids is 1. The van der Waals surface area contributed by atoms with Crippen LogP contribution in [0.15, 0.2) is 54.6 Å². The largest absolute Gasteiger partial charge is 0.494 e. The Morgan fingerprint density at radius 2 is 1.80 bits per heavy atom. The molecule has 1 heterocycles. The Kier molecular flexibility index (Phi) is 7.88. The first-order valence-corrected chi connectivity index (χ1v) is 11.0. The minimum Gasteiger partial charge on any atom is -0.494 e. The number of hydrogen-bond donors (Lipinski definition) is 2. The van der Waals surface area contributed by atoms with E-state index in [1.165, 1.54) is 5.56 Å². The predicted octanol–water partition coefficient (Wildman–Crippen LogP) is 4.47. The smallest absolute Gasteiger partial charge is 0.230 e. The summed E-state index contributed by atoms with van der Waals surface area (Å²) in [6, 6.07) is 17.8. The molecular formula is C25H34N2O3. The highest BCUT2D eigenvalue weighted by molar-refractivity contribution is 5.93. The van der Waals surface area contributed by atoms with Gasteiger partial charge in [-0.1, -0.05) is 50.6 Å². The fraction of sp³-hybridized carbons (Fsp3) is 0.480. The molecule has 0 aliphatic carbocycles. The van der Waals surface area contributed by atoms with Crippen LogP contribution in [0.3, 0.4) is 0 Å². The molecule has 1 atom stereocenters. The summed E-state index contributed by atoms with van der Waals surface area (Å²) in [5.41, 5.74) is 1.02. The maximum atomic E-state index is 12.8. The number of hydrogen-bond acceptors (Lipinski definition) is 4. The van der Waals surface area contributed by atoms with Crippen molar-refractivity contribution in [3.8, 4) is 5.75 Å². The number of amides is 1. The van der Waals surface area contributed by atoms with E-state index in [9.17, 15) is 9.90 Å². The molecule has 0 aromatic heterocycles. The van der Waals surface area contributed by atoms with Crippen molar-refractivity contribution in [3.05, 3.63) is 60.2 Å². The van der Waals surface area contributed by atoms with Crippen molar-refractivity contribution in [1.29, 1.82) is 0 Å². The van der Waals surface area contributed by atoms with Crippen LogP contribution in [0.5, 0.6) is 5.75 Å². The molecule has 1 aliphatic rings. The first kappa shape index (κ1) is 22.3. The van der Waals surface area contributed by atoms with E-state index >= 15 is 0 Å². The fourth-order valence-corrected chi connectivity index (χ4v) is 3.84. The van der Waals surface area contributed by atoms with Crippen LogP contribution in [-0.4, -0.2) is 41.2 Å². The third-order valence-electron chi connectivity index (χ3n) is 6.06. The molecule has 1 saturated heterocycles. The van der Waals surface area contributed by atoms with Crippen molar-refractivity contribution in [3.63, 3.8) is 0 Å². The lowest BCUT2D eigenvalue weighted by Crippen LogP contribution is -2.51. The number of likely N-dealkylation sites (tertiary alicyclic amines) is 1. The summed E-state index contributed by atoms with van der Waals surface area (Å²) >= 11 is 0. The third kappa shape index (κ3) is 6.07. The normalized spacial score (nSPS) is 17.3. The highest BCUT2D eigenvalue weighted by Gasteiger charge is 2.40. The summed E-state index contributed by atoms with van der Waals surface area (Å²) in [7, 11) is 0. The number of ether oxygens (including phenoxy) is 1. The van der Waals surface area contributed by atoms with Gasteiger partial charge in [0.15, 0.2) is 0 Å². The van der Waals surface area contributed by atoms with Gasteiger partial charge < -0.3 is 15.2 Å². The summed E-state index contributed by atoms with van der Waals surface area (Å²) in [5.74, 6) is 0.185. The van der Waals surface area contributed by atoms with E-state index in [1.54, 1.807) is 0 Å². The summed E-state index contributed by atoms with van der Waals surface area (Å²) in [5, 5.41) is 14.1. The van der Waals surface area contributed by atoms with Crippen molar-refractivity contribution in [2.75, 3.05) is 25.0 Å². The second-order valence-electron chi connectivity index (χ2n) is 8.30. The number of piperidine rings is 1. The maximum Gasteiger partial charge on any atom is 0.230 e. The topological polar surface area (TPSA) is 61.8 Å². The van der Waals surface area contributed by atoms with Crippen LogP contribution in [0.1, 0.15) is 45.1 Å². The van der Waals surface area contributed by atoms with E-state index in [2.05, 4.69) is 29.3 Å². The van der Waals surface area contributed by atoms with Gasteiger partial charge in [0.05, 0.1) is 18.1 Å². The second-order valence-corrected chi connectivity index (χ2v) is 8.30. The van der Waals surface area contributed by atoms with E-state index in [0.29, 0.717) is 19.4 Å². The van der Waals surface area contributed by atoms with Crippen LogP contribution in [0, 0.1) is 5.92 Å². The molecule has 5 heteroatoms. The summed E-state index contributed by atoms with van der Waals surface area (Å²) in [6.45, 7) is 7.10. The molecule has 0 bridgehead atoms. The number of benzene rings is 2. The number of rotatable bonds is 9. The highest BCUT2D eigenvalue weighted by Crippen LogP contribution is 2.31. The van der Waals surface area contributed by atoms with Crippen LogP contribution in [-0.2, 0) is 11.3 Å². The van der Waals surface area contributed by atoms with Gasteiger partial charge in [-0.05, 0) is 49.1 Å². The Balaban J connectivity index is 1.49. The molecular weight excluding hydrogens is 376 g/mol. The average molecular weight is 411 g/mol. The van der Waals surface area contributed by atoms with Crippen molar-refractivity contribution < 1.29 is 14.6 Å². The molecule has 1 aliphatic heterocycles. The first-order chi connectivity index (χ1) is 14.5. The van der Waals surface area contributed by atoms with Crippen LogP contribution in [0.2, 0.25) is 0 Å². The van der Waals surface area contributed by atoms with E-state index < -0.39 is 11.5 Å². The molecule has 2 N–H and O–H groups in total. The minimum atomic E-state index is -0.972. The molecule has 1 unspecified atom stereocenters. The Labute approximate surface area is 180 Å². The van der Waals surface area contributed by atoms with E-state index in [0.717, 1.165) is 43.9 Å². The molecule has 1 fully saturated rings. The quantitative estimate of drug-likeness (QED) is 0.599. The Morgan fingerprint density at radius 3 is 2.43 bits per heavy atom. The Hall–Kier alpha value is -2.37. The van der Waals surface area contributed by atoms with Crippen LogP contribution >= 0.6 is 0 Å². The lowest BCUT2D eigenvalue weighted by Gasteiger charge is -2.41. The van der Waals surface area contributed by atoms with Gasteiger partial charge in [-0.3, -0.25) is 9.69 Å². The molecule has 0 spiro atoms. The average Bonchev–Trinajstić information content (AvgIpc) is 2.77. The van der Waals surface area contributed by atoms with Gasteiger partial charge in [0, 0.05) is 25.3 Å². The molecule has 2 aromatic rings. The lowest BCUT2D eigenvalue weighted by atomic mass is 9.80. The molecule has 162 valence electrons. The van der Waals surface area contributed by atoms with Gasteiger partial charge in [0.1, 0.15) is 5.75 Å². The third-order valence-corrected chi connectivity index (χ3v) is 6.06. The number of anilines is 1. The first-order valence-electron chi connectivity index (χ1n) is 11.0. The summed E-state index contributed by atoms with van der Waals surface area (Å²) in [6.07, 6.45) is 3.31. The van der Waals surface area contributed by atoms with Crippen molar-refractivity contribution in [1.82, 2.24) is 4.90 Å². The summed E-state index contributed by atoms with van der Waals surface area (Å²) < 4.78 is 5.66. The standard InChI is InChI=1S/C25H34N2O3/c1-3-4-18-30-23-12-10-22(11-13-23)26-24(28)20(2)25(29)14-16-27(17-15-25)19-21-8-6-5-7-9-21/h5-13,20,29H,3-4,14-19H2,1-2H3,(H,26,28). The van der Waals surface area contributed by atoms with Gasteiger partial charge in [-0.25, -0.2) is 0 Å². The molecule has 0 saturated carbocycles. The molecule has 0 radical (unpaired) electrons. The van der Waals surface area contributed by atoms with Crippen LogP contribution < -0.4 is 10.1 Å². The highest BCUT2D eigenvalue weighted by atomic mass is 16.5. The van der Waals surface area contributed by atoms with Crippen molar-refractivity contribution >= 4 is 11.6 Å².